The summed E-state index contributed by atoms with van der Waals surface area (Å²) in [5.41, 5.74) is 1.31. The summed E-state index contributed by atoms with van der Waals surface area (Å²) in [6.07, 6.45) is -0.504. The van der Waals surface area contributed by atoms with Crippen molar-refractivity contribution in [1.82, 2.24) is 5.32 Å². The summed E-state index contributed by atoms with van der Waals surface area (Å²) >= 11 is 0. The number of methoxy groups -OCH3 is 1. The maximum absolute atomic E-state index is 12.4. The van der Waals surface area contributed by atoms with E-state index >= 15 is 0 Å². The maximum atomic E-state index is 12.4. The molecule has 152 valence electrons. The van der Waals surface area contributed by atoms with Crippen molar-refractivity contribution in [2.45, 2.75) is 26.0 Å². The molecule has 3 rings (SSSR count). The third-order valence-electron chi connectivity index (χ3n) is 4.62. The second-order valence-electron chi connectivity index (χ2n) is 6.58. The first-order valence-corrected chi connectivity index (χ1v) is 9.14. The van der Waals surface area contributed by atoms with Gasteiger partial charge in [0.05, 0.1) is 12.8 Å². The highest BCUT2D eigenvalue weighted by molar-refractivity contribution is 6.00. The number of nitrogens with zero attached hydrogens (tertiary/aromatic N) is 1. The van der Waals surface area contributed by atoms with Gasteiger partial charge in [-0.05, 0) is 36.8 Å². The van der Waals surface area contributed by atoms with Crippen LogP contribution in [0.15, 0.2) is 42.5 Å². The van der Waals surface area contributed by atoms with E-state index in [0.29, 0.717) is 17.0 Å². The van der Waals surface area contributed by atoms with Gasteiger partial charge in [-0.15, -0.1) is 0 Å². The fraction of sp³-hybridized carbons (Fsp3) is 0.286. The molecule has 8 heteroatoms. The molecule has 1 atom stereocenters. The molecule has 1 heterocycles. The minimum Gasteiger partial charge on any atom is -0.496 e. The smallest absolute Gasteiger partial charge is 0.339 e. The Balaban J connectivity index is 1.60. The van der Waals surface area contributed by atoms with Crippen molar-refractivity contribution in [3.8, 4) is 11.5 Å². The Labute approximate surface area is 168 Å². The maximum Gasteiger partial charge on any atom is 0.339 e. The standard InChI is InChI=1S/C21H22N2O6/c1-13-20(25)23(16-5-3-4-6-18(16)29-13)10-9-19(24)22-12-14-7-8-17(28-2)15(11-14)21(26)27/h3-8,11,13H,9-10,12H2,1-2H3,(H,22,24)(H,26,27)/t13-/m0/s1. The van der Waals surface area contributed by atoms with Crippen molar-refractivity contribution in [1.29, 1.82) is 0 Å². The number of aromatic carboxylic acids is 1. The number of anilines is 1. The van der Waals surface area contributed by atoms with Crippen LogP contribution in [0.2, 0.25) is 0 Å². The molecule has 1 aliphatic heterocycles. The molecule has 0 aromatic heterocycles. The van der Waals surface area contributed by atoms with Crippen molar-refractivity contribution in [3.05, 3.63) is 53.6 Å². The van der Waals surface area contributed by atoms with Crippen LogP contribution in [0, 0.1) is 0 Å². The molecule has 0 saturated carbocycles. The summed E-state index contributed by atoms with van der Waals surface area (Å²) in [5, 5.41) is 12.0. The van der Waals surface area contributed by atoms with Crippen LogP contribution >= 0.6 is 0 Å². The van der Waals surface area contributed by atoms with Gasteiger partial charge in [-0.1, -0.05) is 18.2 Å². The molecular formula is C21H22N2O6. The van der Waals surface area contributed by atoms with Crippen LogP contribution in [0.4, 0.5) is 5.69 Å². The second-order valence-corrected chi connectivity index (χ2v) is 6.58. The lowest BCUT2D eigenvalue weighted by molar-refractivity contribution is -0.125. The van der Waals surface area contributed by atoms with Crippen LogP contribution in [0.1, 0.15) is 29.3 Å². The van der Waals surface area contributed by atoms with Crippen molar-refractivity contribution < 1.29 is 29.0 Å². The van der Waals surface area contributed by atoms with Gasteiger partial charge in [0.1, 0.15) is 17.1 Å². The molecule has 0 unspecified atom stereocenters. The number of carboxylic acid groups (broad SMARTS) is 1. The Morgan fingerprint density at radius 2 is 2.00 bits per heavy atom. The fourth-order valence-electron chi connectivity index (χ4n) is 3.12. The van der Waals surface area contributed by atoms with Crippen molar-refractivity contribution >= 4 is 23.5 Å². The molecule has 0 bridgehead atoms. The molecule has 29 heavy (non-hydrogen) atoms. The summed E-state index contributed by atoms with van der Waals surface area (Å²) in [5.74, 6) is -0.681. The Hall–Kier alpha value is -3.55. The van der Waals surface area contributed by atoms with Gasteiger partial charge < -0.3 is 24.8 Å². The number of amides is 2. The quantitative estimate of drug-likeness (QED) is 0.741. The predicted octanol–water partition coefficient (Wildman–Crippen LogP) is 2.21. The summed E-state index contributed by atoms with van der Waals surface area (Å²) < 4.78 is 10.6. The third kappa shape index (κ3) is 4.48. The first kappa shape index (κ1) is 20.2. The molecule has 1 aliphatic rings. The van der Waals surface area contributed by atoms with E-state index in [1.807, 2.05) is 12.1 Å². The van der Waals surface area contributed by atoms with Gasteiger partial charge in [0.2, 0.25) is 5.91 Å². The zero-order valence-electron chi connectivity index (χ0n) is 16.2. The van der Waals surface area contributed by atoms with Crippen LogP contribution in [-0.2, 0) is 16.1 Å². The number of hydrogen-bond acceptors (Lipinski definition) is 5. The lowest BCUT2D eigenvalue weighted by Gasteiger charge is -2.32. The minimum absolute atomic E-state index is 0.0313. The van der Waals surface area contributed by atoms with Crippen LogP contribution in [-0.4, -0.2) is 42.6 Å². The fourth-order valence-corrected chi connectivity index (χ4v) is 3.12. The molecule has 0 radical (unpaired) electrons. The molecule has 0 saturated heterocycles. The third-order valence-corrected chi connectivity index (χ3v) is 4.62. The van der Waals surface area contributed by atoms with Crippen LogP contribution < -0.4 is 19.7 Å². The van der Waals surface area contributed by atoms with Gasteiger partial charge in [0.15, 0.2) is 6.10 Å². The van der Waals surface area contributed by atoms with E-state index in [4.69, 9.17) is 9.47 Å². The number of benzene rings is 2. The number of carbonyl (C=O) groups excluding carboxylic acids is 2. The zero-order valence-corrected chi connectivity index (χ0v) is 16.2. The lowest BCUT2D eigenvalue weighted by Crippen LogP contribution is -2.45. The molecule has 2 aromatic carbocycles. The second kappa shape index (κ2) is 8.64. The molecule has 0 aliphatic carbocycles. The summed E-state index contributed by atoms with van der Waals surface area (Å²) in [6.45, 7) is 2.07. The average Bonchev–Trinajstić information content (AvgIpc) is 2.72. The number of nitrogens with one attached hydrogen (secondary N) is 1. The molecule has 2 N–H and O–H groups in total. The number of ether oxygens (including phenoxy) is 2. The Morgan fingerprint density at radius 3 is 2.72 bits per heavy atom. The number of carboxylic acids is 1. The molecule has 2 aromatic rings. The van der Waals surface area contributed by atoms with Crippen LogP contribution in [0.25, 0.3) is 0 Å². The van der Waals surface area contributed by atoms with Gasteiger partial charge in [0.25, 0.3) is 5.91 Å². The average molecular weight is 398 g/mol. The normalized spacial score (nSPS) is 15.3. The van der Waals surface area contributed by atoms with Crippen LogP contribution in [0.3, 0.4) is 0 Å². The van der Waals surface area contributed by atoms with Crippen molar-refractivity contribution in [2.75, 3.05) is 18.6 Å². The highest BCUT2D eigenvalue weighted by atomic mass is 16.5. The monoisotopic (exact) mass is 398 g/mol. The predicted molar refractivity (Wildman–Crippen MR) is 105 cm³/mol. The van der Waals surface area contributed by atoms with E-state index in [-0.39, 0.29) is 42.6 Å². The van der Waals surface area contributed by atoms with E-state index in [1.165, 1.54) is 13.2 Å². The number of hydrogen-bond donors (Lipinski definition) is 2. The number of para-hydroxylation sites is 2. The Kier molecular flexibility index (Phi) is 6.01. The lowest BCUT2D eigenvalue weighted by atomic mass is 10.1. The highest BCUT2D eigenvalue weighted by Gasteiger charge is 2.31. The van der Waals surface area contributed by atoms with Crippen molar-refractivity contribution in [3.63, 3.8) is 0 Å². The SMILES string of the molecule is COc1ccc(CNC(=O)CCN2C(=O)[C@H](C)Oc3ccccc32)cc1C(=O)O. The van der Waals surface area contributed by atoms with Gasteiger partial charge in [-0.3, -0.25) is 9.59 Å². The topological polar surface area (TPSA) is 105 Å². The van der Waals surface area contributed by atoms with Crippen molar-refractivity contribution in [2.24, 2.45) is 0 Å². The van der Waals surface area contributed by atoms with Gasteiger partial charge >= 0.3 is 5.97 Å². The van der Waals surface area contributed by atoms with E-state index in [1.54, 1.807) is 36.1 Å². The van der Waals surface area contributed by atoms with Crippen LogP contribution in [0.5, 0.6) is 11.5 Å². The molecule has 8 nitrogen and oxygen atoms in total. The number of rotatable bonds is 7. The molecule has 0 fully saturated rings. The Bertz CT molecular complexity index is 943. The van der Waals surface area contributed by atoms with E-state index in [2.05, 4.69) is 5.32 Å². The van der Waals surface area contributed by atoms with E-state index < -0.39 is 12.1 Å². The van der Waals surface area contributed by atoms with E-state index in [9.17, 15) is 19.5 Å². The Morgan fingerprint density at radius 1 is 1.24 bits per heavy atom. The zero-order chi connectivity index (χ0) is 21.0. The van der Waals surface area contributed by atoms with Gasteiger partial charge in [0, 0.05) is 19.5 Å². The summed E-state index contributed by atoms with van der Waals surface area (Å²) in [7, 11) is 1.40. The minimum atomic E-state index is -1.10. The first-order valence-electron chi connectivity index (χ1n) is 9.14. The van der Waals surface area contributed by atoms with E-state index in [0.717, 1.165) is 0 Å². The van der Waals surface area contributed by atoms with Gasteiger partial charge in [-0.2, -0.15) is 0 Å². The highest BCUT2D eigenvalue weighted by Crippen LogP contribution is 2.33. The molecule has 0 spiro atoms. The summed E-state index contributed by atoms with van der Waals surface area (Å²) in [4.78, 5) is 37.6. The molecule has 2 amide bonds. The number of carbonyl (C=O) groups is 3. The first-order chi connectivity index (χ1) is 13.9. The molecular weight excluding hydrogens is 376 g/mol. The largest absolute Gasteiger partial charge is 0.496 e. The van der Waals surface area contributed by atoms with Gasteiger partial charge in [-0.25, -0.2) is 4.79 Å². The summed E-state index contributed by atoms with van der Waals surface area (Å²) in [6, 6.07) is 11.9. The number of fused-ring (bicyclic) bond motifs is 1.